The number of esters is 2. The quantitative estimate of drug-likeness (QED) is 0.389. The molecule has 1 fully saturated rings. The Bertz CT molecular complexity index is 780. The molecule has 0 bridgehead atoms. The number of ether oxygens (including phenoxy) is 1. The lowest BCUT2D eigenvalue weighted by Gasteiger charge is -1.87. The van der Waals surface area contributed by atoms with Crippen LogP contribution in [0.2, 0.25) is 0 Å². The maximum atomic E-state index is 11.0. The van der Waals surface area contributed by atoms with Crippen LogP contribution in [0.15, 0.2) is 0 Å². The molecule has 0 saturated carbocycles. The van der Waals surface area contributed by atoms with E-state index < -0.39 is 17.9 Å². The monoisotopic (exact) mass is 282 g/mol. The van der Waals surface area contributed by atoms with Crippen LogP contribution in [0.4, 0.5) is 0 Å². The van der Waals surface area contributed by atoms with Crippen molar-refractivity contribution >= 4 is 11.9 Å². The third-order valence-electron chi connectivity index (χ3n) is 1.69. The van der Waals surface area contributed by atoms with Crippen LogP contribution in [0, 0.1) is 77.5 Å². The average Bonchev–Trinajstić information content (AvgIpc) is 2.70. The minimum atomic E-state index is -0.728. The normalized spacial score (nSPS) is 13.4. The molecule has 0 amide bonds. The van der Waals surface area contributed by atoms with Gasteiger partial charge in [-0.25, -0.2) is 0 Å². The lowest BCUT2D eigenvalue weighted by Crippen LogP contribution is -2.04. The van der Waals surface area contributed by atoms with E-state index in [1.165, 1.54) is 0 Å². The first kappa shape index (κ1) is 16.5. The van der Waals surface area contributed by atoms with Gasteiger partial charge in [-0.2, -0.15) is 0 Å². The molecule has 1 aliphatic rings. The highest BCUT2D eigenvalue weighted by Crippen LogP contribution is 2.13. The summed E-state index contributed by atoms with van der Waals surface area (Å²) in [6.45, 7) is 0. The van der Waals surface area contributed by atoms with Crippen LogP contribution in [0.3, 0.4) is 0 Å². The topological polar surface area (TPSA) is 43.4 Å². The molecule has 0 aromatic carbocycles. The van der Waals surface area contributed by atoms with E-state index in [1.54, 1.807) is 0 Å². The van der Waals surface area contributed by atoms with Crippen molar-refractivity contribution in [2.45, 2.75) is 13.8 Å². The highest BCUT2D eigenvalue weighted by Gasteiger charge is 2.31. The van der Waals surface area contributed by atoms with Gasteiger partial charge in [0.25, 0.3) is 0 Å². The molecule has 0 aromatic heterocycles. The summed E-state index contributed by atoms with van der Waals surface area (Å²) in [5, 5.41) is 0. The Hall–Kier alpha value is -3.50. The van der Waals surface area contributed by atoms with Crippen molar-refractivity contribution in [1.82, 2.24) is 0 Å². The van der Waals surface area contributed by atoms with Crippen molar-refractivity contribution in [3.05, 3.63) is 0 Å². The van der Waals surface area contributed by atoms with Gasteiger partial charge in [0.15, 0.2) is 0 Å². The van der Waals surface area contributed by atoms with E-state index in [4.69, 9.17) is 6.42 Å². The van der Waals surface area contributed by atoms with E-state index in [0.717, 1.165) is 0 Å². The molecule has 116 valence electrons. The molecule has 1 heterocycles. The second kappa shape index (κ2) is 9.52. The summed E-state index contributed by atoms with van der Waals surface area (Å²) in [7, 11) is 0. The summed E-state index contributed by atoms with van der Waals surface area (Å²) >= 11 is 0. The highest BCUT2D eigenvalue weighted by atomic mass is 16.6. The van der Waals surface area contributed by atoms with Crippen LogP contribution in [-0.2, 0) is 14.3 Å². The third kappa shape index (κ3) is 6.29. The van der Waals surface area contributed by atoms with Gasteiger partial charge in [-0.15, -0.1) is 6.42 Å². The van der Waals surface area contributed by atoms with Crippen molar-refractivity contribution in [1.29, 1.82) is 0 Å². The number of rotatable bonds is 0. The maximum absolute atomic E-state index is 11.0. The lowest BCUT2D eigenvalue weighted by molar-refractivity contribution is -0.152. The van der Waals surface area contributed by atoms with E-state index in [0.29, 0.717) is 0 Å². The molecular weight excluding hydrogens is 252 g/mol. The van der Waals surface area contributed by atoms with Crippen LogP contribution in [-0.4, -0.2) is 11.9 Å². The largest absolute Gasteiger partial charge is 0.392 e. The predicted octanol–water partition coefficient (Wildman–Crippen LogP) is 3.07. The molecule has 1 rings (SSSR count). The smallest absolute Gasteiger partial charge is 0.329 e. The molecule has 0 aliphatic carbocycles. The van der Waals surface area contributed by atoms with Crippen LogP contribution in [0.1, 0.15) is 29.5 Å². The zero-order chi connectivity index (χ0) is 13.9. The second-order valence-electron chi connectivity index (χ2n) is 2.96. The molecule has 0 radical (unpaired) electrons. The summed E-state index contributed by atoms with van der Waals surface area (Å²) < 4.78 is 4.31. The predicted molar refractivity (Wildman–Crippen MR) is 96.9 cm³/mol. The van der Waals surface area contributed by atoms with E-state index in [1.807, 2.05) is 0 Å². The van der Waals surface area contributed by atoms with Gasteiger partial charge in [0.1, 0.15) is 5.92 Å². The van der Waals surface area contributed by atoms with Crippen molar-refractivity contribution in [3.63, 3.8) is 0 Å². The van der Waals surface area contributed by atoms with Crippen LogP contribution >= 0.6 is 0 Å². The van der Waals surface area contributed by atoms with Gasteiger partial charge in [-0.1, -0.05) is 13.3 Å². The summed E-state index contributed by atoms with van der Waals surface area (Å²) in [6, 6.07) is 0. The van der Waals surface area contributed by atoms with Crippen LogP contribution in [0.5, 0.6) is 0 Å². The highest BCUT2D eigenvalue weighted by molar-refractivity contribution is 5.96. The first-order chi connectivity index (χ1) is 9.24. The molecule has 20 heavy (non-hydrogen) atoms. The number of carbonyl (C=O) groups excluding carboxylic acids is 2. The Morgan fingerprint density at radius 1 is 0.950 bits per heavy atom. The third-order valence-corrected chi connectivity index (χ3v) is 1.69. The molecule has 0 spiro atoms. The summed E-state index contributed by atoms with van der Waals surface area (Å²) in [5.41, 5.74) is 0. The molecular formula is C17H30O3. The van der Waals surface area contributed by atoms with Gasteiger partial charge in [0.05, 0.1) is 6.42 Å². The lowest BCUT2D eigenvalue weighted by atomic mass is 10.1. The van der Waals surface area contributed by atoms with Gasteiger partial charge < -0.3 is 4.74 Å². The Morgan fingerprint density at radius 2 is 1.45 bits per heavy atom. The zero-order valence-corrected chi connectivity index (χ0v) is 9.59. The number of carbonyl (C=O) groups is 2. The molecule has 1 unspecified atom stereocenters. The minimum Gasteiger partial charge on any atom is -0.392 e. The molecule has 3 nitrogen and oxygen atoms in total. The van der Waals surface area contributed by atoms with E-state index in [2.05, 4.69) is 69.9 Å². The first-order valence-electron chi connectivity index (χ1n) is 4.94. The zero-order valence-electron chi connectivity index (χ0n) is 9.59. The molecule has 1 atom stereocenters. The Morgan fingerprint density at radius 3 is 1.90 bits per heavy atom. The maximum Gasteiger partial charge on any atom is 0.329 e. The number of cyclic esters (lactones) is 2. The fourth-order valence-electron chi connectivity index (χ4n) is 0.963. The van der Waals surface area contributed by atoms with Crippen molar-refractivity contribution in [2.75, 3.05) is 0 Å². The fraction of sp³-hybridized carbons (Fsp3) is 0.176. The summed E-state index contributed by atoms with van der Waals surface area (Å²) in [5.74, 6) is 24.3. The first-order valence-corrected chi connectivity index (χ1v) is 4.94. The minimum absolute atomic E-state index is 0. The molecule has 0 N–H and O–H groups in total. The molecule has 0 aromatic rings. The van der Waals surface area contributed by atoms with Gasteiger partial charge in [-0.05, 0) is 59.2 Å². The van der Waals surface area contributed by atoms with E-state index in [9.17, 15) is 9.59 Å². The van der Waals surface area contributed by atoms with Crippen LogP contribution in [0.25, 0.3) is 0 Å². The standard InChI is InChI=1S/C16H4O3.CH4.11H2/c1-2-3-4-5-6-7-8-9-10-11-12-14-13-15(17)19-16(14)18;;;;;;;;;;;;/h1,14H,13H2;1H4;11*1H. The van der Waals surface area contributed by atoms with Gasteiger partial charge in [0.2, 0.25) is 0 Å². The number of hydrogen-bond acceptors (Lipinski definition) is 3. The van der Waals surface area contributed by atoms with Crippen molar-refractivity contribution in [3.8, 4) is 71.5 Å². The van der Waals surface area contributed by atoms with Crippen molar-refractivity contribution < 1.29 is 30.0 Å². The van der Waals surface area contributed by atoms with Gasteiger partial charge in [0, 0.05) is 15.7 Å². The molecule has 1 saturated heterocycles. The number of hydrogen-bond donors (Lipinski definition) is 0. The molecule has 3 heteroatoms. The van der Waals surface area contributed by atoms with Gasteiger partial charge >= 0.3 is 11.9 Å². The Labute approximate surface area is 134 Å². The average molecular weight is 282 g/mol. The van der Waals surface area contributed by atoms with Crippen molar-refractivity contribution in [2.24, 2.45) is 5.92 Å². The Kier molecular flexibility index (Phi) is 7.86. The number of terminal acetylenes is 1. The Balaban J connectivity index is -0.0000000301. The summed E-state index contributed by atoms with van der Waals surface area (Å²) in [4.78, 5) is 21.7. The van der Waals surface area contributed by atoms with E-state index in [-0.39, 0.29) is 29.5 Å². The summed E-state index contributed by atoms with van der Waals surface area (Å²) in [6.07, 6.45) is 4.85. The second-order valence-corrected chi connectivity index (χ2v) is 2.96. The fourth-order valence-corrected chi connectivity index (χ4v) is 0.963. The van der Waals surface area contributed by atoms with Crippen LogP contribution < -0.4 is 0 Å². The molecule has 1 aliphatic heterocycles. The SMILES string of the molecule is C.C#CC#CC#CC#CC#CC#CC1CC(=O)OC1=O.[HH].[HH].[HH].[HH].[HH].[HH].[HH].[HH].[HH].[HH].[HH]. The van der Waals surface area contributed by atoms with E-state index >= 15 is 0 Å². The van der Waals surface area contributed by atoms with Gasteiger partial charge in [-0.3, -0.25) is 9.59 Å².